The van der Waals surface area contributed by atoms with E-state index in [0.717, 1.165) is 5.56 Å². The van der Waals surface area contributed by atoms with Crippen molar-refractivity contribution in [3.05, 3.63) is 52.8 Å². The van der Waals surface area contributed by atoms with Gasteiger partial charge in [-0.2, -0.15) is 5.26 Å². The van der Waals surface area contributed by atoms with Crippen LogP contribution in [-0.2, 0) is 0 Å². The molecule has 84 valence electrons. The van der Waals surface area contributed by atoms with Gasteiger partial charge in [0.05, 0.1) is 16.8 Å². The van der Waals surface area contributed by atoms with Gasteiger partial charge in [-0.1, -0.05) is 23.7 Å². The van der Waals surface area contributed by atoms with Crippen molar-refractivity contribution in [2.45, 2.75) is 6.92 Å². The number of benzene rings is 1. The Morgan fingerprint density at radius 3 is 2.88 bits per heavy atom. The second-order valence-electron chi connectivity index (χ2n) is 3.50. The number of nitrogens with zero attached hydrogens (tertiary/aromatic N) is 2. The summed E-state index contributed by atoms with van der Waals surface area (Å²) in [4.78, 5) is 3.93. The molecule has 0 aliphatic carbocycles. The Morgan fingerprint density at radius 2 is 2.18 bits per heavy atom. The van der Waals surface area contributed by atoms with E-state index in [4.69, 9.17) is 21.6 Å². The summed E-state index contributed by atoms with van der Waals surface area (Å²) in [6.07, 6.45) is 3.08. The van der Waals surface area contributed by atoms with Crippen LogP contribution in [0.1, 0.15) is 11.1 Å². The molecule has 0 spiro atoms. The Kier molecular flexibility index (Phi) is 3.27. The number of nitriles is 1. The third-order valence-electron chi connectivity index (χ3n) is 2.23. The summed E-state index contributed by atoms with van der Waals surface area (Å²) in [5.74, 6) is 1.06. The minimum Gasteiger partial charge on any atom is -0.454 e. The maximum absolute atomic E-state index is 9.00. The maximum Gasteiger partial charge on any atom is 0.148 e. The fourth-order valence-corrected chi connectivity index (χ4v) is 1.61. The second kappa shape index (κ2) is 4.86. The van der Waals surface area contributed by atoms with Crippen molar-refractivity contribution in [1.82, 2.24) is 4.98 Å². The number of hydrogen-bond donors (Lipinski definition) is 0. The van der Waals surface area contributed by atoms with Crippen molar-refractivity contribution in [3.63, 3.8) is 0 Å². The molecule has 0 unspecified atom stereocenters. The van der Waals surface area contributed by atoms with Crippen LogP contribution in [0.5, 0.6) is 11.5 Å². The molecule has 3 nitrogen and oxygen atoms in total. The Morgan fingerprint density at radius 1 is 1.35 bits per heavy atom. The average Bonchev–Trinajstić information content (AvgIpc) is 2.32. The zero-order valence-electron chi connectivity index (χ0n) is 9.14. The summed E-state index contributed by atoms with van der Waals surface area (Å²) < 4.78 is 5.64. The van der Waals surface area contributed by atoms with Crippen LogP contribution in [0.2, 0.25) is 5.02 Å². The molecular weight excluding hydrogens is 236 g/mol. The monoisotopic (exact) mass is 244 g/mol. The molecule has 4 heteroatoms. The van der Waals surface area contributed by atoms with Gasteiger partial charge < -0.3 is 4.74 Å². The van der Waals surface area contributed by atoms with Gasteiger partial charge in [-0.25, -0.2) is 0 Å². The lowest BCUT2D eigenvalue weighted by atomic mass is 10.1. The number of aromatic nitrogens is 1. The number of rotatable bonds is 2. The van der Waals surface area contributed by atoms with Crippen molar-refractivity contribution in [2.75, 3.05) is 0 Å². The van der Waals surface area contributed by atoms with Crippen LogP contribution in [-0.4, -0.2) is 4.98 Å². The van der Waals surface area contributed by atoms with E-state index in [-0.39, 0.29) is 0 Å². The van der Waals surface area contributed by atoms with E-state index in [1.54, 1.807) is 18.3 Å². The van der Waals surface area contributed by atoms with E-state index in [0.29, 0.717) is 22.1 Å². The normalized spacial score (nSPS) is 9.71. The molecule has 2 aromatic rings. The van der Waals surface area contributed by atoms with Crippen LogP contribution < -0.4 is 4.74 Å². The fraction of sp³-hybridized carbons (Fsp3) is 0.0769. The van der Waals surface area contributed by atoms with Crippen LogP contribution in [0, 0.1) is 18.3 Å². The molecule has 0 saturated carbocycles. The molecular formula is C13H9ClN2O. The van der Waals surface area contributed by atoms with Gasteiger partial charge in [0.2, 0.25) is 0 Å². The summed E-state index contributed by atoms with van der Waals surface area (Å²) >= 11 is 5.82. The minimum atomic E-state index is 0.491. The first-order valence-electron chi connectivity index (χ1n) is 4.99. The zero-order valence-corrected chi connectivity index (χ0v) is 9.90. The van der Waals surface area contributed by atoms with Crippen LogP contribution in [0.3, 0.4) is 0 Å². The Balaban J connectivity index is 2.40. The van der Waals surface area contributed by atoms with E-state index in [9.17, 15) is 0 Å². The van der Waals surface area contributed by atoms with Gasteiger partial charge in [0.1, 0.15) is 17.6 Å². The van der Waals surface area contributed by atoms with Crippen LogP contribution in [0.4, 0.5) is 0 Å². The number of ether oxygens (including phenoxy) is 1. The molecule has 0 N–H and O–H groups in total. The van der Waals surface area contributed by atoms with E-state index in [1.165, 1.54) is 6.20 Å². The molecule has 17 heavy (non-hydrogen) atoms. The topological polar surface area (TPSA) is 45.9 Å². The van der Waals surface area contributed by atoms with Gasteiger partial charge >= 0.3 is 0 Å². The molecule has 0 bridgehead atoms. The lowest BCUT2D eigenvalue weighted by Crippen LogP contribution is -1.91. The molecule has 0 atom stereocenters. The summed E-state index contributed by atoms with van der Waals surface area (Å²) in [6, 6.07) is 9.16. The largest absolute Gasteiger partial charge is 0.454 e. The number of aryl methyl sites for hydroxylation is 1. The quantitative estimate of drug-likeness (QED) is 0.809. The number of hydrogen-bond acceptors (Lipinski definition) is 3. The van der Waals surface area contributed by atoms with Crippen molar-refractivity contribution < 1.29 is 4.74 Å². The molecule has 1 aromatic heterocycles. The molecule has 2 rings (SSSR count). The smallest absolute Gasteiger partial charge is 0.148 e. The number of pyridine rings is 1. The molecule has 0 fully saturated rings. The highest BCUT2D eigenvalue weighted by atomic mass is 35.5. The average molecular weight is 245 g/mol. The zero-order chi connectivity index (χ0) is 12.3. The fourth-order valence-electron chi connectivity index (χ4n) is 1.44. The van der Waals surface area contributed by atoms with E-state index in [1.807, 2.05) is 19.1 Å². The van der Waals surface area contributed by atoms with Gasteiger partial charge in [-0.3, -0.25) is 4.98 Å². The summed E-state index contributed by atoms with van der Waals surface area (Å²) in [7, 11) is 0. The maximum atomic E-state index is 9.00. The Labute approximate surface area is 104 Å². The van der Waals surface area contributed by atoms with Crippen molar-refractivity contribution >= 4 is 11.6 Å². The third-order valence-corrected chi connectivity index (χ3v) is 2.44. The highest BCUT2D eigenvalue weighted by Crippen LogP contribution is 2.29. The van der Waals surface area contributed by atoms with Crippen molar-refractivity contribution in [2.24, 2.45) is 0 Å². The molecule has 0 saturated heterocycles. The lowest BCUT2D eigenvalue weighted by Gasteiger charge is -2.09. The van der Waals surface area contributed by atoms with Gasteiger partial charge in [0.25, 0.3) is 0 Å². The molecule has 0 radical (unpaired) electrons. The van der Waals surface area contributed by atoms with E-state index < -0.39 is 0 Å². The first-order chi connectivity index (χ1) is 8.20. The highest BCUT2D eigenvalue weighted by Gasteiger charge is 2.08. The van der Waals surface area contributed by atoms with Crippen LogP contribution in [0.25, 0.3) is 0 Å². The van der Waals surface area contributed by atoms with Gasteiger partial charge in [0, 0.05) is 12.3 Å². The van der Waals surface area contributed by atoms with Crippen LogP contribution in [0.15, 0.2) is 36.7 Å². The predicted octanol–water partition coefficient (Wildman–Crippen LogP) is 3.71. The molecule has 1 heterocycles. The Hall–Kier alpha value is -2.05. The SMILES string of the molecule is Cc1cccc(C#N)c1Oc1cncc(Cl)c1. The van der Waals surface area contributed by atoms with Gasteiger partial charge in [-0.15, -0.1) is 0 Å². The Bertz CT molecular complexity index is 590. The van der Waals surface area contributed by atoms with Gasteiger partial charge in [-0.05, 0) is 18.6 Å². The van der Waals surface area contributed by atoms with Crippen molar-refractivity contribution in [3.8, 4) is 17.6 Å². The molecule has 0 aliphatic rings. The van der Waals surface area contributed by atoms with Crippen molar-refractivity contribution in [1.29, 1.82) is 5.26 Å². The summed E-state index contributed by atoms with van der Waals surface area (Å²) in [5.41, 5.74) is 1.38. The summed E-state index contributed by atoms with van der Waals surface area (Å²) in [5, 5.41) is 9.50. The molecule has 1 aromatic carbocycles. The van der Waals surface area contributed by atoms with Crippen LogP contribution >= 0.6 is 11.6 Å². The first-order valence-corrected chi connectivity index (χ1v) is 5.36. The van der Waals surface area contributed by atoms with Gasteiger partial charge in [0.15, 0.2) is 0 Å². The predicted molar refractivity (Wildman–Crippen MR) is 65.2 cm³/mol. The number of para-hydroxylation sites is 1. The van der Waals surface area contributed by atoms with E-state index in [2.05, 4.69) is 11.1 Å². The second-order valence-corrected chi connectivity index (χ2v) is 3.94. The third kappa shape index (κ3) is 2.55. The molecule has 0 amide bonds. The first kappa shape index (κ1) is 11.4. The minimum absolute atomic E-state index is 0.491. The summed E-state index contributed by atoms with van der Waals surface area (Å²) in [6.45, 7) is 1.88. The number of halogens is 1. The standard InChI is InChI=1S/C13H9ClN2O/c1-9-3-2-4-10(6-15)13(9)17-12-5-11(14)7-16-8-12/h2-5,7-8H,1H3. The molecule has 0 aliphatic heterocycles. The lowest BCUT2D eigenvalue weighted by molar-refractivity contribution is 0.475. The highest BCUT2D eigenvalue weighted by molar-refractivity contribution is 6.30. The van der Waals surface area contributed by atoms with E-state index >= 15 is 0 Å².